The molecule has 11 nitrogen and oxygen atoms in total. The van der Waals surface area contributed by atoms with Crippen LogP contribution in [0, 0.1) is 0 Å². The molecule has 1 atom stereocenters. The first-order valence-electron chi connectivity index (χ1n) is 9.84. The summed E-state index contributed by atoms with van der Waals surface area (Å²) >= 11 is 0. The first-order valence-corrected chi connectivity index (χ1v) is 11.5. The lowest BCUT2D eigenvalue weighted by Gasteiger charge is -2.38. The molecule has 1 aromatic heterocycles. The van der Waals surface area contributed by atoms with E-state index >= 15 is 0 Å². The van der Waals surface area contributed by atoms with Crippen LogP contribution in [0.3, 0.4) is 0 Å². The molecule has 1 fully saturated rings. The Balaban J connectivity index is 1.59. The maximum absolute atomic E-state index is 11.9. The number of aromatic nitrogens is 2. The lowest BCUT2D eigenvalue weighted by molar-refractivity contribution is 0.194. The Hall–Kier alpha value is -3.12. The van der Waals surface area contributed by atoms with Crippen LogP contribution in [0.25, 0.3) is 11.1 Å². The van der Waals surface area contributed by atoms with Gasteiger partial charge in [0.2, 0.25) is 10.0 Å². The van der Waals surface area contributed by atoms with Gasteiger partial charge >= 0.3 is 12.2 Å². The van der Waals surface area contributed by atoms with Crippen molar-refractivity contribution in [2.75, 3.05) is 35.2 Å². The molecule has 0 bridgehead atoms. The second kappa shape index (κ2) is 7.85. The number of nitrogens with zero attached hydrogens (tertiary/aromatic N) is 5. The van der Waals surface area contributed by atoms with Crippen molar-refractivity contribution in [2.45, 2.75) is 25.9 Å². The van der Waals surface area contributed by atoms with Crippen molar-refractivity contribution in [1.29, 1.82) is 0 Å². The van der Waals surface area contributed by atoms with Crippen LogP contribution in [-0.4, -0.2) is 76.3 Å². The number of fused-ring (bicyclic) bond motifs is 1. The molecular formula is C19H23N5O6S. The predicted octanol–water partition coefficient (Wildman–Crippen LogP) is 1.96. The van der Waals surface area contributed by atoms with Gasteiger partial charge in [0.25, 0.3) is 0 Å². The zero-order valence-corrected chi connectivity index (χ0v) is 17.7. The minimum atomic E-state index is -3.17. The van der Waals surface area contributed by atoms with Crippen LogP contribution in [0.15, 0.2) is 30.6 Å². The van der Waals surface area contributed by atoms with Crippen molar-refractivity contribution in [3.8, 4) is 11.1 Å². The normalized spacial score (nSPS) is 20.6. The number of hydrogen-bond donors (Lipinski definition) is 2. The van der Waals surface area contributed by atoms with Gasteiger partial charge in [-0.2, -0.15) is 5.10 Å². The summed E-state index contributed by atoms with van der Waals surface area (Å²) in [6.07, 6.45) is 1.71. The van der Waals surface area contributed by atoms with E-state index in [-0.39, 0.29) is 12.3 Å². The third kappa shape index (κ3) is 3.95. The molecule has 1 aromatic carbocycles. The van der Waals surface area contributed by atoms with Crippen molar-refractivity contribution in [1.82, 2.24) is 14.1 Å². The average molecular weight is 449 g/mol. The number of carboxylic acid groups (broad SMARTS) is 2. The van der Waals surface area contributed by atoms with Gasteiger partial charge in [0.1, 0.15) is 0 Å². The number of hydrogen-bond acceptors (Lipinski definition) is 5. The van der Waals surface area contributed by atoms with Crippen LogP contribution in [0.4, 0.5) is 21.0 Å². The summed E-state index contributed by atoms with van der Waals surface area (Å²) in [5, 5.41) is 23.4. The summed E-state index contributed by atoms with van der Waals surface area (Å²) < 4.78 is 27.0. The van der Waals surface area contributed by atoms with Crippen LogP contribution >= 0.6 is 0 Å². The van der Waals surface area contributed by atoms with Crippen molar-refractivity contribution in [3.05, 3.63) is 30.6 Å². The molecule has 2 aromatic rings. The van der Waals surface area contributed by atoms with E-state index in [1.54, 1.807) is 42.2 Å². The summed E-state index contributed by atoms with van der Waals surface area (Å²) in [4.78, 5) is 25.7. The molecule has 1 saturated heterocycles. The third-order valence-corrected chi connectivity index (χ3v) is 7.56. The van der Waals surface area contributed by atoms with Gasteiger partial charge in [-0.3, -0.25) is 14.5 Å². The van der Waals surface area contributed by atoms with E-state index in [4.69, 9.17) is 0 Å². The molecule has 2 aliphatic rings. The van der Waals surface area contributed by atoms with Gasteiger partial charge in [-0.1, -0.05) is 6.07 Å². The molecule has 31 heavy (non-hydrogen) atoms. The zero-order chi connectivity index (χ0) is 22.3. The smallest absolute Gasteiger partial charge is 0.412 e. The van der Waals surface area contributed by atoms with E-state index in [1.165, 1.54) is 9.21 Å². The van der Waals surface area contributed by atoms with Crippen LogP contribution in [-0.2, 0) is 16.6 Å². The SMILES string of the molecule is C[C@H]1CN(C(=O)O)c2cc(-c3cnn(CCN4CCCS4(=O)=O)c3)ccc2N1C(=O)O. The maximum atomic E-state index is 11.9. The largest absolute Gasteiger partial charge is 0.465 e. The number of anilines is 2. The van der Waals surface area contributed by atoms with Gasteiger partial charge in [-0.05, 0) is 31.0 Å². The van der Waals surface area contributed by atoms with E-state index < -0.39 is 28.3 Å². The van der Waals surface area contributed by atoms with E-state index in [0.29, 0.717) is 43.0 Å². The Morgan fingerprint density at radius 1 is 1.13 bits per heavy atom. The highest BCUT2D eigenvalue weighted by atomic mass is 32.2. The van der Waals surface area contributed by atoms with Gasteiger partial charge < -0.3 is 10.2 Å². The molecule has 2 aliphatic heterocycles. The minimum Gasteiger partial charge on any atom is -0.465 e. The van der Waals surface area contributed by atoms with Crippen molar-refractivity contribution in [2.24, 2.45) is 0 Å². The predicted molar refractivity (Wildman–Crippen MR) is 113 cm³/mol. The lowest BCUT2D eigenvalue weighted by Crippen LogP contribution is -2.51. The fraction of sp³-hybridized carbons (Fsp3) is 0.421. The van der Waals surface area contributed by atoms with Crippen molar-refractivity contribution < 1.29 is 28.2 Å². The summed E-state index contributed by atoms with van der Waals surface area (Å²) in [6, 6.07) is 4.44. The summed E-state index contributed by atoms with van der Waals surface area (Å²) in [5.74, 6) is 0.179. The van der Waals surface area contributed by atoms with Gasteiger partial charge in [0.05, 0.1) is 42.5 Å². The van der Waals surface area contributed by atoms with Gasteiger partial charge in [0.15, 0.2) is 0 Å². The molecule has 2 amide bonds. The topological polar surface area (TPSA) is 136 Å². The first-order chi connectivity index (χ1) is 14.7. The van der Waals surface area contributed by atoms with Crippen LogP contribution in [0.5, 0.6) is 0 Å². The Kier molecular flexibility index (Phi) is 5.35. The summed E-state index contributed by atoms with van der Waals surface area (Å²) in [6.45, 7) is 2.94. The maximum Gasteiger partial charge on any atom is 0.412 e. The molecule has 4 rings (SSSR count). The summed E-state index contributed by atoms with van der Waals surface area (Å²) in [5.41, 5.74) is 2.01. The van der Waals surface area contributed by atoms with E-state index in [0.717, 1.165) is 10.5 Å². The highest BCUT2D eigenvalue weighted by Crippen LogP contribution is 2.38. The number of amides is 2. The zero-order valence-electron chi connectivity index (χ0n) is 16.9. The molecule has 0 aliphatic carbocycles. The Bertz CT molecular complexity index is 1130. The molecular weight excluding hydrogens is 426 g/mol. The highest BCUT2D eigenvalue weighted by molar-refractivity contribution is 7.89. The van der Waals surface area contributed by atoms with Crippen LogP contribution in [0.2, 0.25) is 0 Å². The molecule has 2 N–H and O–H groups in total. The monoisotopic (exact) mass is 449 g/mol. The molecule has 166 valence electrons. The number of benzene rings is 1. The standard InChI is InChI=1S/C19H23N5O6S/c1-13-11-23(18(25)26)17-9-14(3-4-16(17)24(13)19(27)28)15-10-20-21(12-15)6-7-22-5-2-8-31(22,29)30/h3-4,9-10,12-13H,2,5-8,11H2,1H3,(H,25,26)(H,27,28)/t13-/m0/s1. The number of sulfonamides is 1. The molecule has 0 spiro atoms. The van der Waals surface area contributed by atoms with Crippen LogP contribution in [0.1, 0.15) is 13.3 Å². The van der Waals surface area contributed by atoms with Crippen molar-refractivity contribution in [3.63, 3.8) is 0 Å². The Morgan fingerprint density at radius 3 is 2.55 bits per heavy atom. The molecule has 12 heteroatoms. The second-order valence-corrected chi connectivity index (χ2v) is 9.75. The fourth-order valence-corrected chi connectivity index (χ4v) is 5.59. The Labute approximate surface area is 179 Å². The quantitative estimate of drug-likeness (QED) is 0.728. The fourth-order valence-electron chi connectivity index (χ4n) is 4.07. The number of carbonyl (C=O) groups is 2. The van der Waals surface area contributed by atoms with E-state index in [2.05, 4.69) is 5.10 Å². The van der Waals surface area contributed by atoms with Gasteiger partial charge in [0, 0.05) is 24.8 Å². The molecule has 0 radical (unpaired) electrons. The first kappa shape index (κ1) is 21.1. The second-order valence-electron chi connectivity index (χ2n) is 7.66. The van der Waals surface area contributed by atoms with Gasteiger partial charge in [-0.25, -0.2) is 22.3 Å². The van der Waals surface area contributed by atoms with E-state index in [1.807, 2.05) is 0 Å². The molecule has 3 heterocycles. The lowest BCUT2D eigenvalue weighted by atomic mass is 10.0. The average Bonchev–Trinajstić information content (AvgIpc) is 3.30. The van der Waals surface area contributed by atoms with Gasteiger partial charge in [-0.15, -0.1) is 0 Å². The van der Waals surface area contributed by atoms with Crippen molar-refractivity contribution >= 4 is 33.6 Å². The minimum absolute atomic E-state index is 0.0294. The number of rotatable bonds is 4. The molecule has 0 saturated carbocycles. The third-order valence-electron chi connectivity index (χ3n) is 5.60. The van der Waals surface area contributed by atoms with E-state index in [9.17, 15) is 28.2 Å². The highest BCUT2D eigenvalue weighted by Gasteiger charge is 2.35. The Morgan fingerprint density at radius 2 is 1.90 bits per heavy atom. The molecule has 0 unspecified atom stereocenters. The summed E-state index contributed by atoms with van der Waals surface area (Å²) in [7, 11) is -3.17. The van der Waals surface area contributed by atoms with Crippen LogP contribution < -0.4 is 9.80 Å².